The molecule has 21 heavy (non-hydrogen) atoms. The molecule has 106 valence electrons. The van der Waals surface area contributed by atoms with Crippen molar-refractivity contribution in [1.29, 1.82) is 0 Å². The number of carboxylic acids is 2. The molecule has 0 saturated carbocycles. The molecule has 0 radical (unpaired) electrons. The molecule has 0 heterocycles. The van der Waals surface area contributed by atoms with Crippen molar-refractivity contribution < 1.29 is 19.8 Å². The van der Waals surface area contributed by atoms with Crippen LogP contribution < -0.4 is 0 Å². The monoisotopic (exact) mass is 282 g/mol. The van der Waals surface area contributed by atoms with Crippen LogP contribution in [-0.4, -0.2) is 22.2 Å². The van der Waals surface area contributed by atoms with E-state index in [2.05, 4.69) is 0 Å². The molecule has 0 aliphatic heterocycles. The number of carbonyl (C=O) groups is 2. The quantitative estimate of drug-likeness (QED) is 0.827. The van der Waals surface area contributed by atoms with E-state index in [1.807, 2.05) is 12.1 Å². The van der Waals surface area contributed by atoms with Gasteiger partial charge in [-0.2, -0.15) is 0 Å². The molecule has 4 heteroatoms. The molecule has 2 aromatic carbocycles. The Bertz CT molecular complexity index is 620. The molecular formula is C17H14O4. The standard InChI is InChI=1S/C17H14O4/c18-15(19)11-14(17(20)21)16(12-7-3-1-4-8-12)13-9-5-2-6-10-13/h1-11,16H,(H,18,19)(H,20,21)/b14-11-. The molecule has 0 unspecified atom stereocenters. The molecule has 0 bridgehead atoms. The lowest BCUT2D eigenvalue weighted by molar-refractivity contribution is -0.135. The number of hydrogen-bond donors (Lipinski definition) is 2. The fourth-order valence-electron chi connectivity index (χ4n) is 2.24. The van der Waals surface area contributed by atoms with Gasteiger partial charge in [0.25, 0.3) is 0 Å². The van der Waals surface area contributed by atoms with Gasteiger partial charge < -0.3 is 10.2 Å². The van der Waals surface area contributed by atoms with E-state index < -0.39 is 17.9 Å². The van der Waals surface area contributed by atoms with Crippen LogP contribution in [0.4, 0.5) is 0 Å². The van der Waals surface area contributed by atoms with Crippen molar-refractivity contribution in [2.75, 3.05) is 0 Å². The third kappa shape index (κ3) is 3.57. The van der Waals surface area contributed by atoms with Gasteiger partial charge in [0.05, 0.1) is 5.57 Å². The van der Waals surface area contributed by atoms with Gasteiger partial charge >= 0.3 is 11.9 Å². The van der Waals surface area contributed by atoms with E-state index >= 15 is 0 Å². The summed E-state index contributed by atoms with van der Waals surface area (Å²) in [7, 11) is 0. The predicted molar refractivity (Wildman–Crippen MR) is 78.1 cm³/mol. The summed E-state index contributed by atoms with van der Waals surface area (Å²) in [5.74, 6) is -3.14. The van der Waals surface area contributed by atoms with Crippen LogP contribution in [0.5, 0.6) is 0 Å². The number of carboxylic acid groups (broad SMARTS) is 2. The van der Waals surface area contributed by atoms with E-state index in [4.69, 9.17) is 5.11 Å². The lowest BCUT2D eigenvalue weighted by atomic mass is 9.84. The minimum atomic E-state index is -1.27. The first kappa shape index (κ1) is 14.5. The third-order valence-electron chi connectivity index (χ3n) is 3.10. The third-order valence-corrected chi connectivity index (χ3v) is 3.10. The van der Waals surface area contributed by atoms with Gasteiger partial charge in [-0.25, -0.2) is 9.59 Å². The van der Waals surface area contributed by atoms with Gasteiger partial charge in [-0.05, 0) is 11.1 Å². The summed E-state index contributed by atoms with van der Waals surface area (Å²) < 4.78 is 0. The fraction of sp³-hybridized carbons (Fsp3) is 0.0588. The van der Waals surface area contributed by atoms with Crippen LogP contribution in [0.2, 0.25) is 0 Å². The SMILES string of the molecule is O=C(O)/C=C(\C(=O)O)C(c1ccccc1)c1ccccc1. The van der Waals surface area contributed by atoms with E-state index in [0.717, 1.165) is 17.2 Å². The van der Waals surface area contributed by atoms with Crippen molar-refractivity contribution in [3.8, 4) is 0 Å². The van der Waals surface area contributed by atoms with Gasteiger partial charge in [0.2, 0.25) is 0 Å². The van der Waals surface area contributed by atoms with Gasteiger partial charge in [0, 0.05) is 12.0 Å². The minimum absolute atomic E-state index is 0.167. The molecule has 2 N–H and O–H groups in total. The molecule has 0 saturated heterocycles. The lowest BCUT2D eigenvalue weighted by Gasteiger charge is -2.18. The maximum absolute atomic E-state index is 11.5. The molecule has 0 spiro atoms. The number of rotatable bonds is 5. The first-order chi connectivity index (χ1) is 10.1. The average molecular weight is 282 g/mol. The van der Waals surface area contributed by atoms with E-state index in [1.165, 1.54) is 0 Å². The Hall–Kier alpha value is -2.88. The summed E-state index contributed by atoms with van der Waals surface area (Å²) >= 11 is 0. The zero-order chi connectivity index (χ0) is 15.2. The summed E-state index contributed by atoms with van der Waals surface area (Å²) in [6.45, 7) is 0. The summed E-state index contributed by atoms with van der Waals surface area (Å²) in [4.78, 5) is 22.4. The van der Waals surface area contributed by atoms with Crippen molar-refractivity contribution in [3.63, 3.8) is 0 Å². The van der Waals surface area contributed by atoms with Gasteiger partial charge in [0.15, 0.2) is 0 Å². The first-order valence-electron chi connectivity index (χ1n) is 6.37. The lowest BCUT2D eigenvalue weighted by Crippen LogP contribution is -2.14. The second-order valence-corrected chi connectivity index (χ2v) is 4.50. The van der Waals surface area contributed by atoms with Gasteiger partial charge in [-0.1, -0.05) is 60.7 Å². The molecule has 4 nitrogen and oxygen atoms in total. The number of aliphatic carboxylic acids is 2. The van der Waals surface area contributed by atoms with Gasteiger partial charge in [-0.3, -0.25) is 0 Å². The summed E-state index contributed by atoms with van der Waals surface area (Å²) in [5, 5.41) is 18.3. The zero-order valence-electron chi connectivity index (χ0n) is 11.1. The molecule has 0 aromatic heterocycles. The van der Waals surface area contributed by atoms with Crippen LogP contribution in [0.15, 0.2) is 72.3 Å². The first-order valence-corrected chi connectivity index (χ1v) is 6.37. The summed E-state index contributed by atoms with van der Waals surface area (Å²) in [6.07, 6.45) is 0.757. The van der Waals surface area contributed by atoms with Crippen LogP contribution >= 0.6 is 0 Å². The number of benzene rings is 2. The topological polar surface area (TPSA) is 74.6 Å². The molecule has 2 rings (SSSR count). The Morgan fingerprint density at radius 3 is 1.57 bits per heavy atom. The Morgan fingerprint density at radius 1 is 0.810 bits per heavy atom. The largest absolute Gasteiger partial charge is 0.478 e. The molecule has 0 fully saturated rings. The van der Waals surface area contributed by atoms with Crippen molar-refractivity contribution in [2.45, 2.75) is 5.92 Å². The van der Waals surface area contributed by atoms with Crippen molar-refractivity contribution >= 4 is 11.9 Å². The molecule has 0 amide bonds. The highest BCUT2D eigenvalue weighted by molar-refractivity contribution is 5.96. The minimum Gasteiger partial charge on any atom is -0.478 e. The Kier molecular flexibility index (Phi) is 4.51. The number of hydrogen-bond acceptors (Lipinski definition) is 2. The van der Waals surface area contributed by atoms with Crippen molar-refractivity contribution in [3.05, 3.63) is 83.4 Å². The van der Waals surface area contributed by atoms with Gasteiger partial charge in [0.1, 0.15) is 0 Å². The van der Waals surface area contributed by atoms with Gasteiger partial charge in [-0.15, -0.1) is 0 Å². The fourth-order valence-corrected chi connectivity index (χ4v) is 2.24. The normalized spacial score (nSPS) is 11.4. The average Bonchev–Trinajstić information content (AvgIpc) is 2.48. The van der Waals surface area contributed by atoms with Crippen LogP contribution in [0.1, 0.15) is 17.0 Å². The van der Waals surface area contributed by atoms with Crippen LogP contribution in [0.3, 0.4) is 0 Å². The highest BCUT2D eigenvalue weighted by Gasteiger charge is 2.25. The maximum atomic E-state index is 11.5. The smallest absolute Gasteiger partial charge is 0.332 e. The highest BCUT2D eigenvalue weighted by atomic mass is 16.4. The van der Waals surface area contributed by atoms with E-state index in [0.29, 0.717) is 0 Å². The summed E-state index contributed by atoms with van der Waals surface area (Å²) in [6, 6.07) is 18.0. The van der Waals surface area contributed by atoms with Crippen molar-refractivity contribution in [2.24, 2.45) is 0 Å². The Balaban J connectivity index is 2.61. The van der Waals surface area contributed by atoms with E-state index in [1.54, 1.807) is 48.5 Å². The Labute approximate surface area is 122 Å². The maximum Gasteiger partial charge on any atom is 0.332 e. The Morgan fingerprint density at radius 2 is 1.24 bits per heavy atom. The second-order valence-electron chi connectivity index (χ2n) is 4.50. The zero-order valence-corrected chi connectivity index (χ0v) is 11.1. The molecule has 0 aliphatic rings. The molecular weight excluding hydrogens is 268 g/mol. The molecule has 0 atom stereocenters. The predicted octanol–water partition coefficient (Wildman–Crippen LogP) is 2.91. The summed E-state index contributed by atoms with van der Waals surface area (Å²) in [5.41, 5.74) is 1.30. The van der Waals surface area contributed by atoms with Crippen LogP contribution in [-0.2, 0) is 9.59 Å². The second kappa shape index (κ2) is 6.52. The van der Waals surface area contributed by atoms with E-state index in [9.17, 15) is 14.7 Å². The molecule has 0 aliphatic carbocycles. The van der Waals surface area contributed by atoms with Crippen LogP contribution in [0, 0.1) is 0 Å². The van der Waals surface area contributed by atoms with E-state index in [-0.39, 0.29) is 5.57 Å². The molecule has 2 aromatic rings. The highest BCUT2D eigenvalue weighted by Crippen LogP contribution is 2.31. The van der Waals surface area contributed by atoms with Crippen molar-refractivity contribution in [1.82, 2.24) is 0 Å². The van der Waals surface area contributed by atoms with Crippen LogP contribution in [0.25, 0.3) is 0 Å².